The fraction of sp³-hybridized carbons (Fsp3) is 0.480. The second kappa shape index (κ2) is 11.7. The Labute approximate surface area is 202 Å². The summed E-state index contributed by atoms with van der Waals surface area (Å²) in [6.07, 6.45) is 0.442. The van der Waals surface area contributed by atoms with E-state index in [9.17, 15) is 18.3 Å². The van der Waals surface area contributed by atoms with Crippen LogP contribution in [0.3, 0.4) is 0 Å². The van der Waals surface area contributed by atoms with Gasteiger partial charge in [-0.3, -0.25) is 9.69 Å². The van der Waals surface area contributed by atoms with Crippen molar-refractivity contribution in [2.24, 2.45) is 0 Å². The molecule has 3 rings (SSSR count). The summed E-state index contributed by atoms with van der Waals surface area (Å²) in [7, 11) is 0.887. The molecule has 0 bridgehead atoms. The summed E-state index contributed by atoms with van der Waals surface area (Å²) in [6.45, 7) is 3.06. The number of nitrogens with zero attached hydrogens (tertiary/aromatic N) is 2. The van der Waals surface area contributed by atoms with E-state index in [0.717, 1.165) is 17.5 Å². The van der Waals surface area contributed by atoms with E-state index in [1.165, 1.54) is 0 Å². The number of aliphatic hydroxyl groups excluding tert-OH is 1. The topological polar surface area (TPSA) is 96.4 Å². The molecule has 1 heterocycles. The van der Waals surface area contributed by atoms with E-state index >= 15 is 0 Å². The number of sulfone groups is 1. The van der Waals surface area contributed by atoms with Crippen LogP contribution < -0.4 is 14.4 Å². The number of carbonyl (C=O) groups excluding carboxylic acids is 1. The fourth-order valence-electron chi connectivity index (χ4n) is 4.03. The Kier molecular flexibility index (Phi) is 8.93. The number of rotatable bonds is 12. The Bertz CT molecular complexity index is 1060. The maximum atomic E-state index is 12.1. The highest BCUT2D eigenvalue weighted by molar-refractivity contribution is 7.91. The van der Waals surface area contributed by atoms with Crippen LogP contribution in [-0.2, 0) is 16.4 Å². The third-order valence-corrected chi connectivity index (χ3v) is 7.59. The van der Waals surface area contributed by atoms with Crippen molar-refractivity contribution in [2.45, 2.75) is 32.0 Å². The van der Waals surface area contributed by atoms with Crippen LogP contribution in [0.25, 0.3) is 0 Å². The Morgan fingerprint density at radius 1 is 1.12 bits per heavy atom. The largest absolute Gasteiger partial charge is 0.490 e. The Balaban J connectivity index is 1.68. The number of anilines is 1. The van der Waals surface area contributed by atoms with Gasteiger partial charge in [0.05, 0.1) is 18.1 Å². The number of aliphatic hydroxyl groups is 1. The lowest BCUT2D eigenvalue weighted by Crippen LogP contribution is -2.42. The molecule has 0 amide bonds. The third-order valence-electron chi connectivity index (χ3n) is 5.84. The van der Waals surface area contributed by atoms with Crippen molar-refractivity contribution in [1.29, 1.82) is 0 Å². The first-order chi connectivity index (χ1) is 16.2. The highest BCUT2D eigenvalue weighted by atomic mass is 32.2. The molecule has 0 spiro atoms. The molecule has 1 N–H and O–H groups in total. The molecule has 0 aromatic heterocycles. The summed E-state index contributed by atoms with van der Waals surface area (Å²) in [5, 5.41) is 10.8. The molecular formula is C25H34N2O6S. The second-order valence-corrected chi connectivity index (χ2v) is 11.0. The maximum Gasteiger partial charge on any atom is 0.161 e. The Morgan fingerprint density at radius 3 is 2.44 bits per heavy atom. The van der Waals surface area contributed by atoms with Gasteiger partial charge in [-0.2, -0.15) is 0 Å². The molecule has 9 heteroatoms. The molecule has 2 atom stereocenters. The summed E-state index contributed by atoms with van der Waals surface area (Å²) in [6, 6.07) is 12.8. The van der Waals surface area contributed by atoms with Crippen LogP contribution in [0.1, 0.15) is 29.3 Å². The first kappa shape index (κ1) is 26.0. The molecule has 8 nitrogen and oxygen atoms in total. The zero-order valence-electron chi connectivity index (χ0n) is 20.0. The SMILES string of the molecule is CCOc1cc(C=O)ccc1OCC(O)CN(Cc1ccc(N(C)C)cc1)C1CCS(=O)(=O)C1. The number of carbonyl (C=O) groups is 1. The van der Waals surface area contributed by atoms with Crippen molar-refractivity contribution in [3.05, 3.63) is 53.6 Å². The van der Waals surface area contributed by atoms with Crippen molar-refractivity contribution in [1.82, 2.24) is 4.90 Å². The monoisotopic (exact) mass is 490 g/mol. The summed E-state index contributed by atoms with van der Waals surface area (Å²) in [5.74, 6) is 1.15. The fourth-order valence-corrected chi connectivity index (χ4v) is 5.80. The molecule has 1 saturated heterocycles. The van der Waals surface area contributed by atoms with Gasteiger partial charge in [-0.1, -0.05) is 12.1 Å². The van der Waals surface area contributed by atoms with Crippen molar-refractivity contribution >= 4 is 21.8 Å². The van der Waals surface area contributed by atoms with E-state index in [1.807, 2.05) is 55.1 Å². The van der Waals surface area contributed by atoms with Gasteiger partial charge in [0.15, 0.2) is 21.3 Å². The molecule has 1 fully saturated rings. The van der Waals surface area contributed by atoms with Crippen molar-refractivity contribution < 1.29 is 27.8 Å². The van der Waals surface area contributed by atoms with Gasteiger partial charge < -0.3 is 19.5 Å². The second-order valence-electron chi connectivity index (χ2n) is 8.77. The van der Waals surface area contributed by atoms with Gasteiger partial charge in [-0.05, 0) is 49.2 Å². The third kappa shape index (κ3) is 7.19. The summed E-state index contributed by atoms with van der Waals surface area (Å²) in [4.78, 5) is 15.1. The Morgan fingerprint density at radius 2 is 1.85 bits per heavy atom. The lowest BCUT2D eigenvalue weighted by Gasteiger charge is -2.30. The maximum absolute atomic E-state index is 12.1. The van der Waals surface area contributed by atoms with Crippen LogP contribution in [-0.4, -0.2) is 82.2 Å². The first-order valence-corrected chi connectivity index (χ1v) is 13.3. The molecule has 34 heavy (non-hydrogen) atoms. The first-order valence-electron chi connectivity index (χ1n) is 11.4. The number of hydrogen-bond donors (Lipinski definition) is 1. The summed E-state index contributed by atoms with van der Waals surface area (Å²) in [5.41, 5.74) is 2.61. The zero-order valence-corrected chi connectivity index (χ0v) is 20.8. The molecule has 1 aliphatic rings. The van der Waals surface area contributed by atoms with Crippen LogP contribution in [0.4, 0.5) is 5.69 Å². The van der Waals surface area contributed by atoms with Gasteiger partial charge >= 0.3 is 0 Å². The van der Waals surface area contributed by atoms with Gasteiger partial charge in [0.25, 0.3) is 0 Å². The minimum absolute atomic E-state index is 0.00997. The van der Waals surface area contributed by atoms with Crippen LogP contribution in [0.5, 0.6) is 11.5 Å². The summed E-state index contributed by atoms with van der Waals surface area (Å²) < 4.78 is 35.6. The predicted octanol–water partition coefficient (Wildman–Crippen LogP) is 2.39. The van der Waals surface area contributed by atoms with Crippen molar-refractivity contribution in [3.8, 4) is 11.5 Å². The molecule has 1 aliphatic heterocycles. The molecule has 186 valence electrons. The van der Waals surface area contributed by atoms with Gasteiger partial charge in [-0.15, -0.1) is 0 Å². The highest BCUT2D eigenvalue weighted by Crippen LogP contribution is 2.28. The lowest BCUT2D eigenvalue weighted by molar-refractivity contribution is 0.0515. The van der Waals surface area contributed by atoms with Gasteiger partial charge in [0, 0.05) is 44.5 Å². The lowest BCUT2D eigenvalue weighted by atomic mass is 10.1. The quantitative estimate of drug-likeness (QED) is 0.453. The Hall–Kier alpha value is -2.62. The van der Waals surface area contributed by atoms with Crippen LogP contribution in [0.15, 0.2) is 42.5 Å². The van der Waals surface area contributed by atoms with Gasteiger partial charge in [0.2, 0.25) is 0 Å². The predicted molar refractivity (Wildman–Crippen MR) is 133 cm³/mol. The number of aldehydes is 1. The smallest absolute Gasteiger partial charge is 0.161 e. The molecular weight excluding hydrogens is 456 g/mol. The van der Waals surface area contributed by atoms with Gasteiger partial charge in [0.1, 0.15) is 19.0 Å². The van der Waals surface area contributed by atoms with E-state index in [1.54, 1.807) is 18.2 Å². The van der Waals surface area contributed by atoms with E-state index in [-0.39, 0.29) is 30.7 Å². The van der Waals surface area contributed by atoms with Crippen LogP contribution in [0, 0.1) is 0 Å². The van der Waals surface area contributed by atoms with E-state index in [2.05, 4.69) is 0 Å². The molecule has 2 aromatic carbocycles. The number of hydrogen-bond acceptors (Lipinski definition) is 8. The average Bonchev–Trinajstić information content (AvgIpc) is 3.18. The normalized spacial score (nSPS) is 18.0. The zero-order chi connectivity index (χ0) is 24.7. The van der Waals surface area contributed by atoms with E-state index in [4.69, 9.17) is 9.47 Å². The van der Waals surface area contributed by atoms with E-state index in [0.29, 0.717) is 36.6 Å². The molecule has 0 saturated carbocycles. The molecule has 0 radical (unpaired) electrons. The number of benzene rings is 2. The molecule has 2 unspecified atom stereocenters. The molecule has 2 aromatic rings. The minimum Gasteiger partial charge on any atom is -0.490 e. The van der Waals surface area contributed by atoms with Crippen LogP contribution in [0.2, 0.25) is 0 Å². The number of ether oxygens (including phenoxy) is 2. The van der Waals surface area contributed by atoms with Crippen molar-refractivity contribution in [2.75, 3.05) is 50.3 Å². The molecule has 0 aliphatic carbocycles. The standard InChI is InChI=1S/C25H34N2O6S/c1-4-32-25-13-20(16-28)7-10-24(25)33-17-23(29)15-27(22-11-12-34(30,31)18-22)14-19-5-8-21(9-6-19)26(2)3/h5-10,13,16,22-23,29H,4,11-12,14-15,17-18H2,1-3H3. The van der Waals surface area contributed by atoms with E-state index < -0.39 is 15.9 Å². The van der Waals surface area contributed by atoms with Gasteiger partial charge in [-0.25, -0.2) is 8.42 Å². The van der Waals surface area contributed by atoms with Crippen molar-refractivity contribution in [3.63, 3.8) is 0 Å². The average molecular weight is 491 g/mol. The minimum atomic E-state index is -3.07. The highest BCUT2D eigenvalue weighted by Gasteiger charge is 2.33. The summed E-state index contributed by atoms with van der Waals surface area (Å²) >= 11 is 0. The van der Waals surface area contributed by atoms with Crippen LogP contribution >= 0.6 is 0 Å².